The third-order valence-electron chi connectivity index (χ3n) is 9.54. The van der Waals surface area contributed by atoms with E-state index < -0.39 is 0 Å². The molecule has 6 nitrogen and oxygen atoms in total. The first-order valence-electron chi connectivity index (χ1n) is 13.9. The summed E-state index contributed by atoms with van der Waals surface area (Å²) in [6.07, 6.45) is 10.2. The van der Waals surface area contributed by atoms with Crippen LogP contribution in [0.25, 0.3) is 0 Å². The van der Waals surface area contributed by atoms with E-state index in [-0.39, 0.29) is 16.7 Å². The summed E-state index contributed by atoms with van der Waals surface area (Å²) in [6.45, 7) is 4.81. The highest BCUT2D eigenvalue weighted by Crippen LogP contribution is 2.60. The molecule has 4 aliphatic rings. The molecule has 4 fully saturated rings. The zero-order valence-corrected chi connectivity index (χ0v) is 21.3. The van der Waals surface area contributed by atoms with Crippen molar-refractivity contribution in [3.05, 3.63) is 60.3 Å². The average Bonchev–Trinajstić information content (AvgIpc) is 3.66. The lowest BCUT2D eigenvalue weighted by atomic mass is 9.68. The third-order valence-corrected chi connectivity index (χ3v) is 9.54. The van der Waals surface area contributed by atoms with Crippen molar-refractivity contribution in [2.24, 2.45) is 11.3 Å². The van der Waals surface area contributed by atoms with E-state index in [2.05, 4.69) is 43.9 Å². The Morgan fingerprint density at radius 3 is 2.11 bits per heavy atom. The molecule has 1 aromatic heterocycles. The monoisotopic (exact) mass is 486 g/mol. The normalized spacial score (nSPS) is 25.0. The first-order chi connectivity index (χ1) is 17.6. The molecule has 1 spiro atoms. The number of piperazine rings is 1. The Morgan fingerprint density at radius 1 is 0.750 bits per heavy atom. The lowest BCUT2D eigenvalue weighted by Crippen LogP contribution is -2.52. The van der Waals surface area contributed by atoms with Gasteiger partial charge in [-0.05, 0) is 55.2 Å². The van der Waals surface area contributed by atoms with Crippen molar-refractivity contribution in [3.63, 3.8) is 0 Å². The maximum Gasteiger partial charge on any atom is 0.233 e. The summed E-state index contributed by atoms with van der Waals surface area (Å²) < 4.78 is 0. The van der Waals surface area contributed by atoms with E-state index in [1.807, 2.05) is 30.5 Å². The van der Waals surface area contributed by atoms with E-state index in [4.69, 9.17) is 0 Å². The van der Waals surface area contributed by atoms with E-state index in [1.165, 1.54) is 12.0 Å². The smallest absolute Gasteiger partial charge is 0.233 e. The predicted molar refractivity (Wildman–Crippen MR) is 141 cm³/mol. The van der Waals surface area contributed by atoms with Gasteiger partial charge in [-0.25, -0.2) is 4.98 Å². The van der Waals surface area contributed by atoms with Crippen LogP contribution in [0.1, 0.15) is 56.9 Å². The first kappa shape index (κ1) is 23.5. The number of hydrogen-bond donors (Lipinski definition) is 0. The highest BCUT2D eigenvalue weighted by molar-refractivity contribution is 5.89. The molecule has 2 aliphatic heterocycles. The quantitative estimate of drug-likeness (QED) is 0.648. The molecule has 190 valence electrons. The highest BCUT2D eigenvalue weighted by atomic mass is 16.2. The molecule has 2 amide bonds. The SMILES string of the molecule is O=C([C@H]1CC12CCN(C(=O)C1(c3ccccc3)CCCCC1)CC2)N1CCN(c2ccccn2)CC1. The van der Waals surface area contributed by atoms with Gasteiger partial charge >= 0.3 is 0 Å². The van der Waals surface area contributed by atoms with Gasteiger partial charge in [-0.3, -0.25) is 9.59 Å². The molecule has 0 radical (unpaired) electrons. The fourth-order valence-electron chi connectivity index (χ4n) is 7.16. The summed E-state index contributed by atoms with van der Waals surface area (Å²) >= 11 is 0. The van der Waals surface area contributed by atoms with Crippen LogP contribution in [0.4, 0.5) is 5.82 Å². The van der Waals surface area contributed by atoms with Crippen LogP contribution in [0.5, 0.6) is 0 Å². The summed E-state index contributed by atoms with van der Waals surface area (Å²) in [7, 11) is 0. The van der Waals surface area contributed by atoms with Crippen molar-refractivity contribution in [2.45, 2.75) is 56.8 Å². The second-order valence-electron chi connectivity index (χ2n) is 11.4. The van der Waals surface area contributed by atoms with Crippen LogP contribution >= 0.6 is 0 Å². The maximum atomic E-state index is 14.0. The van der Waals surface area contributed by atoms with Crippen LogP contribution in [0.15, 0.2) is 54.7 Å². The number of rotatable bonds is 4. The number of carbonyl (C=O) groups is 2. The minimum Gasteiger partial charge on any atom is -0.353 e. The molecule has 6 heteroatoms. The minimum atomic E-state index is -0.351. The van der Waals surface area contributed by atoms with E-state index in [9.17, 15) is 9.59 Å². The van der Waals surface area contributed by atoms with Crippen molar-refractivity contribution >= 4 is 17.6 Å². The Labute approximate surface area is 214 Å². The molecule has 3 heterocycles. The number of amides is 2. The summed E-state index contributed by atoms with van der Waals surface area (Å²) in [6, 6.07) is 16.5. The van der Waals surface area contributed by atoms with Crippen LogP contribution < -0.4 is 4.90 Å². The van der Waals surface area contributed by atoms with Gasteiger partial charge in [0, 0.05) is 51.4 Å². The van der Waals surface area contributed by atoms with Gasteiger partial charge in [0.1, 0.15) is 5.82 Å². The lowest BCUT2D eigenvalue weighted by Gasteiger charge is -2.43. The molecule has 2 saturated heterocycles. The van der Waals surface area contributed by atoms with Crippen LogP contribution in [0.3, 0.4) is 0 Å². The number of aromatic nitrogens is 1. The van der Waals surface area contributed by atoms with E-state index in [0.29, 0.717) is 11.8 Å². The van der Waals surface area contributed by atoms with Gasteiger partial charge in [-0.2, -0.15) is 0 Å². The Hall–Kier alpha value is -2.89. The molecule has 1 atom stereocenters. The molecule has 0 N–H and O–H groups in total. The van der Waals surface area contributed by atoms with Gasteiger partial charge in [0.25, 0.3) is 0 Å². The molecule has 1 aromatic carbocycles. The first-order valence-corrected chi connectivity index (χ1v) is 13.9. The third kappa shape index (κ3) is 4.18. The van der Waals surface area contributed by atoms with E-state index in [1.54, 1.807) is 0 Å². The Bertz CT molecular complexity index is 1070. The second-order valence-corrected chi connectivity index (χ2v) is 11.4. The topological polar surface area (TPSA) is 56.8 Å². The molecule has 0 bridgehead atoms. The Morgan fingerprint density at radius 2 is 1.44 bits per heavy atom. The van der Waals surface area contributed by atoms with Crippen molar-refractivity contribution in [2.75, 3.05) is 44.2 Å². The number of hydrogen-bond acceptors (Lipinski definition) is 4. The number of likely N-dealkylation sites (tertiary alicyclic amines) is 1. The molecule has 2 aliphatic carbocycles. The molecular weight excluding hydrogens is 448 g/mol. The van der Waals surface area contributed by atoms with Gasteiger partial charge in [-0.15, -0.1) is 0 Å². The summed E-state index contributed by atoms with van der Waals surface area (Å²) in [4.78, 5) is 38.3. The molecule has 36 heavy (non-hydrogen) atoms. The Kier molecular flexibility index (Phi) is 6.22. The number of nitrogens with zero attached hydrogens (tertiary/aromatic N) is 4. The van der Waals surface area contributed by atoms with Gasteiger partial charge in [-0.1, -0.05) is 55.7 Å². The van der Waals surface area contributed by atoms with E-state index in [0.717, 1.165) is 90.0 Å². The van der Waals surface area contributed by atoms with Crippen molar-refractivity contribution < 1.29 is 9.59 Å². The average molecular weight is 487 g/mol. The number of carbonyl (C=O) groups excluding carboxylic acids is 2. The fraction of sp³-hybridized carbons (Fsp3) is 0.567. The number of anilines is 1. The van der Waals surface area contributed by atoms with Crippen molar-refractivity contribution in [3.8, 4) is 0 Å². The second kappa shape index (κ2) is 9.53. The van der Waals surface area contributed by atoms with Crippen LogP contribution in [-0.4, -0.2) is 65.9 Å². The van der Waals surface area contributed by atoms with E-state index >= 15 is 0 Å². The fourth-order valence-corrected chi connectivity index (χ4v) is 7.16. The molecule has 6 rings (SSSR count). The van der Waals surface area contributed by atoms with Gasteiger partial charge in [0.2, 0.25) is 11.8 Å². The molecule has 2 aromatic rings. The van der Waals surface area contributed by atoms with Crippen LogP contribution in [-0.2, 0) is 15.0 Å². The summed E-state index contributed by atoms with van der Waals surface area (Å²) in [5, 5.41) is 0. The Balaban J connectivity index is 1.06. The van der Waals surface area contributed by atoms with Crippen LogP contribution in [0, 0.1) is 11.3 Å². The van der Waals surface area contributed by atoms with Gasteiger partial charge < -0.3 is 14.7 Å². The molecule has 0 unspecified atom stereocenters. The van der Waals surface area contributed by atoms with Crippen molar-refractivity contribution in [1.29, 1.82) is 0 Å². The molecular formula is C30H38N4O2. The lowest BCUT2D eigenvalue weighted by molar-refractivity contribution is -0.141. The van der Waals surface area contributed by atoms with Gasteiger partial charge in [0.15, 0.2) is 0 Å². The maximum absolute atomic E-state index is 14.0. The summed E-state index contributed by atoms with van der Waals surface area (Å²) in [5.74, 6) is 1.81. The predicted octanol–water partition coefficient (Wildman–Crippen LogP) is 4.26. The zero-order valence-electron chi connectivity index (χ0n) is 21.3. The zero-order chi connectivity index (χ0) is 24.6. The van der Waals surface area contributed by atoms with Gasteiger partial charge in [0.05, 0.1) is 5.41 Å². The standard InChI is InChI=1S/C30H38N4O2/c35-27(33-21-19-32(20-22-33)26-11-5-8-16-31-26)25-23-29(25)14-17-34(18-15-29)28(36)30(12-6-2-7-13-30)24-9-3-1-4-10-24/h1,3-5,8-11,16,25H,2,6-7,12-15,17-23H2/t25-/m1/s1. The van der Waals surface area contributed by atoms with Crippen molar-refractivity contribution in [1.82, 2.24) is 14.8 Å². The number of benzene rings is 1. The largest absolute Gasteiger partial charge is 0.353 e. The minimum absolute atomic E-state index is 0.123. The highest BCUT2D eigenvalue weighted by Gasteiger charge is 2.60. The number of pyridine rings is 1. The van der Waals surface area contributed by atoms with Crippen LogP contribution in [0.2, 0.25) is 0 Å². The number of piperidine rings is 1. The molecule has 2 saturated carbocycles. The summed E-state index contributed by atoms with van der Waals surface area (Å²) in [5.41, 5.74) is 0.966.